The topological polar surface area (TPSA) is 55.8 Å². The van der Waals surface area contributed by atoms with Gasteiger partial charge in [-0.25, -0.2) is 4.79 Å². The lowest BCUT2D eigenvalue weighted by molar-refractivity contribution is -0.130. The molecule has 0 heterocycles. The standard InChI is InChI=1S/C21H26O4/c1-14(2)19(22)25-17-12-11-15-9-7-8-10-16(15)18(17)21(5,6)24-13-20(3,4)23/h7-12,23H,1,13H2,2-6H3. The summed E-state index contributed by atoms with van der Waals surface area (Å²) >= 11 is 0. The minimum atomic E-state index is -0.962. The molecule has 0 bridgehead atoms. The average molecular weight is 342 g/mol. The largest absolute Gasteiger partial charge is 0.423 e. The van der Waals surface area contributed by atoms with Gasteiger partial charge in [0, 0.05) is 11.1 Å². The Bertz CT molecular complexity index is 797. The number of ether oxygens (including phenoxy) is 2. The van der Waals surface area contributed by atoms with Crippen molar-refractivity contribution >= 4 is 16.7 Å². The van der Waals surface area contributed by atoms with Gasteiger partial charge in [0.05, 0.1) is 17.8 Å². The maximum atomic E-state index is 12.0. The summed E-state index contributed by atoms with van der Waals surface area (Å²) in [5.41, 5.74) is -0.638. The molecular weight excluding hydrogens is 316 g/mol. The van der Waals surface area contributed by atoms with Crippen molar-refractivity contribution in [1.82, 2.24) is 0 Å². The van der Waals surface area contributed by atoms with Crippen LogP contribution in [0.5, 0.6) is 5.75 Å². The summed E-state index contributed by atoms with van der Waals surface area (Å²) in [7, 11) is 0. The van der Waals surface area contributed by atoms with Crippen LogP contribution in [0.4, 0.5) is 0 Å². The lowest BCUT2D eigenvalue weighted by Crippen LogP contribution is -2.33. The van der Waals surface area contributed by atoms with Gasteiger partial charge in [0.15, 0.2) is 0 Å². The fourth-order valence-corrected chi connectivity index (χ4v) is 2.57. The minimum absolute atomic E-state index is 0.150. The first-order chi connectivity index (χ1) is 11.5. The molecule has 2 rings (SSSR count). The van der Waals surface area contributed by atoms with Crippen molar-refractivity contribution in [3.05, 3.63) is 54.1 Å². The highest BCUT2D eigenvalue weighted by Crippen LogP contribution is 2.39. The second-order valence-corrected chi connectivity index (χ2v) is 7.44. The van der Waals surface area contributed by atoms with E-state index in [-0.39, 0.29) is 6.61 Å². The summed E-state index contributed by atoms with van der Waals surface area (Å²) in [5.74, 6) is -0.0396. The summed E-state index contributed by atoms with van der Waals surface area (Å²) in [6, 6.07) is 11.5. The molecule has 0 unspecified atom stereocenters. The van der Waals surface area contributed by atoms with Crippen molar-refractivity contribution < 1.29 is 19.4 Å². The fraction of sp³-hybridized carbons (Fsp3) is 0.381. The van der Waals surface area contributed by atoms with E-state index in [2.05, 4.69) is 6.58 Å². The van der Waals surface area contributed by atoms with E-state index in [4.69, 9.17) is 9.47 Å². The van der Waals surface area contributed by atoms with Crippen LogP contribution in [0.3, 0.4) is 0 Å². The van der Waals surface area contributed by atoms with Crippen LogP contribution < -0.4 is 4.74 Å². The second-order valence-electron chi connectivity index (χ2n) is 7.44. The van der Waals surface area contributed by atoms with Crippen LogP contribution >= 0.6 is 0 Å². The molecule has 25 heavy (non-hydrogen) atoms. The molecule has 0 aliphatic rings. The number of rotatable bonds is 6. The zero-order valence-corrected chi connectivity index (χ0v) is 15.6. The van der Waals surface area contributed by atoms with Crippen molar-refractivity contribution in [3.8, 4) is 5.75 Å². The molecule has 0 amide bonds. The second kappa shape index (κ2) is 6.98. The predicted octanol–water partition coefficient (Wildman–Crippen LogP) is 4.34. The van der Waals surface area contributed by atoms with Gasteiger partial charge in [-0.2, -0.15) is 0 Å². The predicted molar refractivity (Wildman–Crippen MR) is 99.7 cm³/mol. The Kier molecular flexibility index (Phi) is 5.35. The summed E-state index contributed by atoms with van der Waals surface area (Å²) in [4.78, 5) is 12.0. The Balaban J connectivity index is 2.56. The SMILES string of the molecule is C=C(C)C(=O)Oc1ccc2ccccc2c1C(C)(C)OCC(C)(C)O. The van der Waals surface area contributed by atoms with Crippen LogP contribution in [-0.2, 0) is 15.1 Å². The van der Waals surface area contributed by atoms with E-state index in [1.807, 2.05) is 44.2 Å². The molecule has 0 saturated heterocycles. The third-order valence-corrected chi connectivity index (χ3v) is 3.83. The molecule has 0 aliphatic heterocycles. The molecule has 2 aromatic rings. The van der Waals surface area contributed by atoms with Crippen LogP contribution in [0.25, 0.3) is 10.8 Å². The Morgan fingerprint density at radius 3 is 2.36 bits per heavy atom. The summed E-state index contributed by atoms with van der Waals surface area (Å²) < 4.78 is 11.6. The van der Waals surface area contributed by atoms with Crippen LogP contribution in [0.1, 0.15) is 40.2 Å². The monoisotopic (exact) mass is 342 g/mol. The van der Waals surface area contributed by atoms with E-state index < -0.39 is 17.2 Å². The number of hydrogen-bond donors (Lipinski definition) is 1. The van der Waals surface area contributed by atoms with Crippen molar-refractivity contribution in [1.29, 1.82) is 0 Å². The van der Waals surface area contributed by atoms with Gasteiger partial charge in [0.25, 0.3) is 0 Å². The number of carbonyl (C=O) groups excluding carboxylic acids is 1. The Morgan fingerprint density at radius 1 is 1.12 bits per heavy atom. The molecule has 134 valence electrons. The van der Waals surface area contributed by atoms with E-state index in [1.54, 1.807) is 26.8 Å². The Hall–Kier alpha value is -2.17. The van der Waals surface area contributed by atoms with E-state index in [9.17, 15) is 9.90 Å². The number of benzene rings is 2. The third-order valence-electron chi connectivity index (χ3n) is 3.83. The summed E-state index contributed by atoms with van der Waals surface area (Å²) in [6.07, 6.45) is 0. The quantitative estimate of drug-likeness (QED) is 0.482. The van der Waals surface area contributed by atoms with Gasteiger partial charge in [0.2, 0.25) is 0 Å². The smallest absolute Gasteiger partial charge is 0.338 e. The highest BCUT2D eigenvalue weighted by molar-refractivity contribution is 5.92. The van der Waals surface area contributed by atoms with Gasteiger partial charge in [0.1, 0.15) is 5.75 Å². The van der Waals surface area contributed by atoms with Gasteiger partial charge >= 0.3 is 5.97 Å². The van der Waals surface area contributed by atoms with Crippen LogP contribution in [0.15, 0.2) is 48.6 Å². The van der Waals surface area contributed by atoms with E-state index >= 15 is 0 Å². The molecule has 4 heteroatoms. The van der Waals surface area contributed by atoms with Crippen LogP contribution in [0, 0.1) is 0 Å². The molecule has 1 N–H and O–H groups in total. The maximum Gasteiger partial charge on any atom is 0.338 e. The van der Waals surface area contributed by atoms with Gasteiger partial charge in [-0.05, 0) is 51.5 Å². The molecule has 0 spiro atoms. The number of esters is 1. The van der Waals surface area contributed by atoms with E-state index in [0.29, 0.717) is 11.3 Å². The molecule has 0 atom stereocenters. The highest BCUT2D eigenvalue weighted by atomic mass is 16.5. The Morgan fingerprint density at radius 2 is 1.76 bits per heavy atom. The van der Waals surface area contributed by atoms with Crippen LogP contribution in [-0.4, -0.2) is 23.3 Å². The molecular formula is C21H26O4. The molecule has 0 radical (unpaired) electrons. The molecule has 0 aromatic heterocycles. The summed E-state index contributed by atoms with van der Waals surface area (Å²) in [5, 5.41) is 12.0. The van der Waals surface area contributed by atoms with E-state index in [0.717, 1.165) is 16.3 Å². The first-order valence-electron chi connectivity index (χ1n) is 8.27. The van der Waals surface area contributed by atoms with Crippen molar-refractivity contribution in [3.63, 3.8) is 0 Å². The number of carbonyl (C=O) groups is 1. The molecule has 0 saturated carbocycles. The maximum absolute atomic E-state index is 12.0. The summed E-state index contributed by atoms with van der Waals surface area (Å²) in [6.45, 7) is 12.6. The fourth-order valence-electron chi connectivity index (χ4n) is 2.57. The minimum Gasteiger partial charge on any atom is -0.423 e. The Labute approximate surface area is 149 Å². The molecule has 2 aromatic carbocycles. The number of fused-ring (bicyclic) bond motifs is 1. The zero-order chi connectivity index (χ0) is 18.8. The first-order valence-corrected chi connectivity index (χ1v) is 8.27. The molecule has 0 aliphatic carbocycles. The highest BCUT2D eigenvalue weighted by Gasteiger charge is 2.31. The van der Waals surface area contributed by atoms with Gasteiger partial charge in [-0.1, -0.05) is 36.9 Å². The van der Waals surface area contributed by atoms with Crippen molar-refractivity contribution in [2.45, 2.75) is 45.8 Å². The van der Waals surface area contributed by atoms with Crippen molar-refractivity contribution in [2.24, 2.45) is 0 Å². The first kappa shape index (κ1) is 19.2. The zero-order valence-electron chi connectivity index (χ0n) is 15.6. The van der Waals surface area contributed by atoms with Gasteiger partial charge in [-0.3, -0.25) is 0 Å². The molecule has 0 fully saturated rings. The van der Waals surface area contributed by atoms with Crippen molar-refractivity contribution in [2.75, 3.05) is 6.61 Å². The van der Waals surface area contributed by atoms with E-state index in [1.165, 1.54) is 0 Å². The number of aliphatic hydroxyl groups is 1. The average Bonchev–Trinajstić information content (AvgIpc) is 2.52. The van der Waals surface area contributed by atoms with Crippen LogP contribution in [0.2, 0.25) is 0 Å². The molecule has 4 nitrogen and oxygen atoms in total. The lowest BCUT2D eigenvalue weighted by atomic mass is 9.91. The van der Waals surface area contributed by atoms with Gasteiger partial charge in [-0.15, -0.1) is 0 Å². The normalized spacial score (nSPS) is 12.2. The lowest BCUT2D eigenvalue weighted by Gasteiger charge is -2.32. The third kappa shape index (κ3) is 4.68. The van der Waals surface area contributed by atoms with Gasteiger partial charge < -0.3 is 14.6 Å². The number of hydrogen-bond acceptors (Lipinski definition) is 4.